The smallest absolute Gasteiger partial charge is 0.266 e. The van der Waals surface area contributed by atoms with Gasteiger partial charge in [-0.1, -0.05) is 71.7 Å². The third kappa shape index (κ3) is 4.86. The van der Waals surface area contributed by atoms with Crippen LogP contribution in [0.3, 0.4) is 0 Å². The van der Waals surface area contributed by atoms with E-state index in [-0.39, 0.29) is 35.8 Å². The lowest BCUT2D eigenvalue weighted by Crippen LogP contribution is -2.32. The fraction of sp³-hybridized carbons (Fsp3) is 0.207. The van der Waals surface area contributed by atoms with Crippen LogP contribution in [-0.2, 0) is 22.6 Å². The van der Waals surface area contributed by atoms with Crippen molar-refractivity contribution in [2.45, 2.75) is 38.1 Å². The molecule has 2 aliphatic heterocycles. The maximum atomic E-state index is 12.9. The number of rotatable bonds is 6. The van der Waals surface area contributed by atoms with Gasteiger partial charge in [0, 0.05) is 12.0 Å². The van der Waals surface area contributed by atoms with E-state index in [4.69, 9.17) is 32.7 Å². The Morgan fingerprint density at radius 1 is 0.872 bits per heavy atom. The van der Waals surface area contributed by atoms with Gasteiger partial charge >= 0.3 is 0 Å². The number of aliphatic hydroxyl groups is 1. The van der Waals surface area contributed by atoms with Crippen molar-refractivity contribution in [2.75, 3.05) is 4.90 Å². The molecule has 1 aromatic heterocycles. The van der Waals surface area contributed by atoms with Gasteiger partial charge in [0.2, 0.25) is 0 Å². The van der Waals surface area contributed by atoms with Gasteiger partial charge in [-0.2, -0.15) is 0 Å². The molecule has 8 nitrogen and oxygen atoms in total. The Balaban J connectivity index is 1.26. The van der Waals surface area contributed by atoms with Crippen LogP contribution < -0.4 is 4.90 Å². The molecular formula is C29H23Cl2N3O5. The topological polar surface area (TPSA) is 93.9 Å². The predicted molar refractivity (Wildman–Crippen MR) is 145 cm³/mol. The van der Waals surface area contributed by atoms with Crippen LogP contribution in [0.1, 0.15) is 56.2 Å². The minimum absolute atomic E-state index is 0.0422. The first-order valence-corrected chi connectivity index (χ1v) is 13.1. The lowest BCUT2D eigenvalue weighted by atomic mass is 10.00. The Hall–Kier alpha value is -3.53. The number of amides is 2. The lowest BCUT2D eigenvalue weighted by Gasteiger charge is -2.36. The van der Waals surface area contributed by atoms with E-state index in [1.54, 1.807) is 59.4 Å². The summed E-state index contributed by atoms with van der Waals surface area (Å²) < 4.78 is 14.4. The normalized spacial score (nSPS) is 20.9. The third-order valence-electron chi connectivity index (χ3n) is 6.97. The summed E-state index contributed by atoms with van der Waals surface area (Å²) in [6.07, 6.45) is 0.814. The van der Waals surface area contributed by atoms with Crippen LogP contribution in [0.4, 0.5) is 5.69 Å². The summed E-state index contributed by atoms with van der Waals surface area (Å²) in [4.78, 5) is 31.0. The summed E-state index contributed by atoms with van der Waals surface area (Å²) in [6, 6.07) is 21.4. The van der Waals surface area contributed by atoms with Crippen molar-refractivity contribution in [3.05, 3.63) is 117 Å². The first kappa shape index (κ1) is 25.7. The van der Waals surface area contributed by atoms with E-state index in [1.165, 1.54) is 4.90 Å². The van der Waals surface area contributed by atoms with Crippen LogP contribution in [0.15, 0.2) is 79.1 Å². The molecule has 3 heterocycles. The highest BCUT2D eigenvalue weighted by atomic mass is 35.5. The number of halogens is 2. The monoisotopic (exact) mass is 563 g/mol. The second kappa shape index (κ2) is 10.6. The number of fused-ring (bicyclic) bond motifs is 1. The minimum atomic E-state index is -0.722. The summed E-state index contributed by atoms with van der Waals surface area (Å²) in [5.74, 6) is -0.702. The molecule has 39 heavy (non-hydrogen) atoms. The van der Waals surface area contributed by atoms with Crippen LogP contribution in [0.25, 0.3) is 0 Å². The molecule has 3 aromatic carbocycles. The van der Waals surface area contributed by atoms with E-state index in [1.807, 2.05) is 24.3 Å². The van der Waals surface area contributed by atoms with Gasteiger partial charge in [-0.3, -0.25) is 9.59 Å². The molecule has 0 radical (unpaired) electrons. The number of anilines is 1. The highest BCUT2D eigenvalue weighted by molar-refractivity contribution is 6.40. The molecule has 4 aromatic rings. The molecule has 1 fully saturated rings. The zero-order valence-corrected chi connectivity index (χ0v) is 22.0. The molecular weight excluding hydrogens is 541 g/mol. The SMILES string of the molecule is O=C1c2ccccc2C(=O)N1c1ccc([C@H]2O[C@@H](Cn3cnc(Cl)c3Cl)C[C@@H](c3ccc(CO)cc3)O2)cc1. The molecule has 1 saturated heterocycles. The first-order chi connectivity index (χ1) is 18.9. The molecule has 2 amide bonds. The molecule has 0 aliphatic carbocycles. The highest BCUT2D eigenvalue weighted by Crippen LogP contribution is 2.39. The zero-order valence-electron chi connectivity index (χ0n) is 20.5. The standard InChI is InChI=1S/C29H23Cl2N3O5/c30-25-26(31)33(16-32-25)14-21-13-24(18-7-5-17(15-35)6-8-18)39-29(38-21)19-9-11-20(12-10-19)34-27(36)22-3-1-2-4-23(22)28(34)37/h1-12,16,21,24,29,35H,13-15H2/t21-,24+,29+/m1/s1. The Bertz CT molecular complexity index is 1500. The number of aromatic nitrogens is 2. The van der Waals surface area contributed by atoms with Gasteiger partial charge in [0.1, 0.15) is 5.15 Å². The molecule has 10 heteroatoms. The van der Waals surface area contributed by atoms with Crippen LogP contribution in [-0.4, -0.2) is 32.6 Å². The number of imide groups is 1. The Kier molecular flexibility index (Phi) is 6.97. The summed E-state index contributed by atoms with van der Waals surface area (Å²) in [5.41, 5.74) is 3.73. The highest BCUT2D eigenvalue weighted by Gasteiger charge is 2.37. The molecule has 0 saturated carbocycles. The van der Waals surface area contributed by atoms with Crippen LogP contribution in [0.5, 0.6) is 0 Å². The van der Waals surface area contributed by atoms with Gasteiger partial charge in [-0.15, -0.1) is 0 Å². The van der Waals surface area contributed by atoms with Crippen LogP contribution in [0, 0.1) is 0 Å². The van der Waals surface area contributed by atoms with E-state index in [2.05, 4.69) is 4.98 Å². The van der Waals surface area contributed by atoms with E-state index in [0.717, 1.165) is 16.7 Å². The summed E-state index contributed by atoms with van der Waals surface area (Å²) in [7, 11) is 0. The average Bonchev–Trinajstić information content (AvgIpc) is 3.42. The van der Waals surface area contributed by atoms with Gasteiger partial charge in [-0.25, -0.2) is 9.88 Å². The number of benzene rings is 3. The van der Waals surface area contributed by atoms with Crippen molar-refractivity contribution in [1.29, 1.82) is 0 Å². The largest absolute Gasteiger partial charge is 0.392 e. The maximum absolute atomic E-state index is 12.9. The van der Waals surface area contributed by atoms with Crippen molar-refractivity contribution < 1.29 is 24.2 Å². The Labute approximate surface area is 234 Å². The van der Waals surface area contributed by atoms with E-state index in [9.17, 15) is 14.7 Å². The van der Waals surface area contributed by atoms with Crippen molar-refractivity contribution in [2.24, 2.45) is 0 Å². The van der Waals surface area contributed by atoms with E-state index >= 15 is 0 Å². The summed E-state index contributed by atoms with van der Waals surface area (Å²) in [5, 5.41) is 9.97. The zero-order chi connectivity index (χ0) is 27.1. The van der Waals surface area contributed by atoms with E-state index < -0.39 is 6.29 Å². The minimum Gasteiger partial charge on any atom is -0.392 e. The molecule has 1 N–H and O–H groups in total. The second-order valence-electron chi connectivity index (χ2n) is 9.41. The number of imidazole rings is 1. The predicted octanol–water partition coefficient (Wildman–Crippen LogP) is 5.73. The number of carbonyl (C=O) groups excluding carboxylic acids is 2. The van der Waals surface area contributed by atoms with Crippen molar-refractivity contribution in [3.63, 3.8) is 0 Å². The Morgan fingerprint density at radius 2 is 1.51 bits per heavy atom. The molecule has 0 spiro atoms. The number of aliphatic hydroxyl groups excluding tert-OH is 1. The number of hydrogen-bond acceptors (Lipinski definition) is 6. The first-order valence-electron chi connectivity index (χ1n) is 12.4. The van der Waals surface area contributed by atoms with Gasteiger partial charge in [0.05, 0.1) is 48.5 Å². The fourth-order valence-corrected chi connectivity index (χ4v) is 5.24. The number of carbonyl (C=O) groups is 2. The molecule has 3 atom stereocenters. The molecule has 0 bridgehead atoms. The van der Waals surface area contributed by atoms with Gasteiger partial charge in [0.15, 0.2) is 11.4 Å². The van der Waals surface area contributed by atoms with Gasteiger partial charge in [-0.05, 0) is 35.4 Å². The number of hydrogen-bond donors (Lipinski definition) is 1. The summed E-state index contributed by atoms with van der Waals surface area (Å²) >= 11 is 12.3. The van der Waals surface area contributed by atoms with Crippen LogP contribution in [0.2, 0.25) is 10.3 Å². The number of nitrogens with zero attached hydrogens (tertiary/aromatic N) is 3. The third-order valence-corrected chi connectivity index (χ3v) is 7.74. The second-order valence-corrected chi connectivity index (χ2v) is 10.1. The quantitative estimate of drug-likeness (QED) is 0.301. The molecule has 2 aliphatic rings. The van der Waals surface area contributed by atoms with Gasteiger partial charge < -0.3 is 19.1 Å². The number of ether oxygens (including phenoxy) is 2. The molecule has 0 unspecified atom stereocenters. The molecule has 198 valence electrons. The van der Waals surface area contributed by atoms with Crippen molar-refractivity contribution in [1.82, 2.24) is 9.55 Å². The maximum Gasteiger partial charge on any atom is 0.266 e. The van der Waals surface area contributed by atoms with Crippen LogP contribution >= 0.6 is 23.2 Å². The van der Waals surface area contributed by atoms with Gasteiger partial charge in [0.25, 0.3) is 11.8 Å². The van der Waals surface area contributed by atoms with Crippen molar-refractivity contribution in [3.8, 4) is 0 Å². The fourth-order valence-electron chi connectivity index (χ4n) is 4.93. The van der Waals surface area contributed by atoms with Crippen molar-refractivity contribution >= 4 is 40.7 Å². The summed E-state index contributed by atoms with van der Waals surface area (Å²) in [6.45, 7) is 0.371. The van der Waals surface area contributed by atoms with E-state index in [0.29, 0.717) is 34.9 Å². The molecule has 6 rings (SSSR count). The average molecular weight is 564 g/mol. The Morgan fingerprint density at radius 3 is 2.10 bits per heavy atom. The lowest BCUT2D eigenvalue weighted by molar-refractivity contribution is -0.252.